The Labute approximate surface area is 158 Å². The van der Waals surface area contributed by atoms with Crippen LogP contribution >= 0.6 is 42.4 Å². The second-order valence-corrected chi connectivity index (χ2v) is 10.8. The first-order valence-corrected chi connectivity index (χ1v) is 10.7. The van der Waals surface area contributed by atoms with Gasteiger partial charge in [-0.15, -0.1) is 0 Å². The van der Waals surface area contributed by atoms with Crippen molar-refractivity contribution in [3.05, 3.63) is 0 Å². The third-order valence-electron chi connectivity index (χ3n) is 3.15. The fourth-order valence-corrected chi connectivity index (χ4v) is 5.15. The summed E-state index contributed by atoms with van der Waals surface area (Å²) in [5, 5.41) is 0. The summed E-state index contributed by atoms with van der Waals surface area (Å²) in [4.78, 5) is 13.7. The van der Waals surface area contributed by atoms with Crippen molar-refractivity contribution in [3.63, 3.8) is 0 Å². The minimum atomic E-state index is -3.56. The van der Waals surface area contributed by atoms with Gasteiger partial charge in [0.2, 0.25) is 3.79 Å². The summed E-state index contributed by atoms with van der Waals surface area (Å²) in [6, 6.07) is 0. The average Bonchev–Trinajstić information content (AvgIpc) is 2.42. The molecular formula is C14H25Cl3NO5P. The van der Waals surface area contributed by atoms with E-state index in [0.717, 1.165) is 12.8 Å². The maximum Gasteiger partial charge on any atom is 0.410 e. The van der Waals surface area contributed by atoms with Gasteiger partial charge in [-0.1, -0.05) is 34.8 Å². The number of hydrogen-bond acceptors (Lipinski definition) is 5. The van der Waals surface area contributed by atoms with E-state index in [2.05, 4.69) is 0 Å². The zero-order valence-corrected chi connectivity index (χ0v) is 17.5. The third-order valence-corrected chi connectivity index (χ3v) is 6.17. The van der Waals surface area contributed by atoms with Gasteiger partial charge in [0.1, 0.15) is 12.4 Å². The summed E-state index contributed by atoms with van der Waals surface area (Å²) in [7, 11) is -3.56. The lowest BCUT2D eigenvalue weighted by molar-refractivity contribution is 0.0690. The molecule has 10 heteroatoms. The molecule has 1 unspecified atom stereocenters. The molecule has 0 N–H and O–H groups in total. The van der Waals surface area contributed by atoms with Gasteiger partial charge in [0.05, 0.1) is 12.2 Å². The second-order valence-electron chi connectivity index (χ2n) is 6.19. The predicted molar refractivity (Wildman–Crippen MR) is 96.0 cm³/mol. The number of rotatable bonds is 6. The highest BCUT2D eigenvalue weighted by Gasteiger charge is 2.45. The second kappa shape index (κ2) is 9.29. The minimum absolute atomic E-state index is 0.310. The number of likely N-dealkylation sites (tertiary alicyclic amines) is 1. The van der Waals surface area contributed by atoms with E-state index in [1.807, 2.05) is 0 Å². The number of ether oxygens (including phenoxy) is 1. The van der Waals surface area contributed by atoms with Crippen molar-refractivity contribution in [2.24, 2.45) is 0 Å². The Hall–Kier alpha value is 0.290. The molecule has 1 aliphatic rings. The predicted octanol–water partition coefficient (Wildman–Crippen LogP) is 5.35. The Bertz CT molecular complexity index is 456. The Kier molecular flexibility index (Phi) is 8.65. The van der Waals surface area contributed by atoms with Gasteiger partial charge in [0.25, 0.3) is 0 Å². The molecule has 0 saturated carbocycles. The van der Waals surface area contributed by atoms with E-state index in [0.29, 0.717) is 13.0 Å². The van der Waals surface area contributed by atoms with Gasteiger partial charge in [-0.3, -0.25) is 9.46 Å². The maximum absolute atomic E-state index is 13.3. The minimum Gasteiger partial charge on any atom is -0.445 e. The van der Waals surface area contributed by atoms with E-state index in [4.69, 9.17) is 48.6 Å². The highest BCUT2D eigenvalue weighted by atomic mass is 35.6. The van der Waals surface area contributed by atoms with Gasteiger partial charge in [0.15, 0.2) is 0 Å². The fourth-order valence-electron chi connectivity index (χ4n) is 2.44. The topological polar surface area (TPSA) is 65.1 Å². The van der Waals surface area contributed by atoms with Crippen LogP contribution in [0.1, 0.15) is 47.0 Å². The number of nitrogens with zero attached hydrogens (tertiary/aromatic N) is 1. The monoisotopic (exact) mass is 423 g/mol. The standard InChI is InChI=1S/C14H25Cl3NO5P/c1-10(2)22-24(20,23-11(3)4)12-7-5-6-8-18(12)13(19)21-9-14(15,16)17/h10-12H,5-9H2,1-4H3. The van der Waals surface area contributed by atoms with Crippen LogP contribution in [-0.2, 0) is 18.3 Å². The first kappa shape index (κ1) is 22.3. The van der Waals surface area contributed by atoms with Crippen LogP contribution in [0.25, 0.3) is 0 Å². The van der Waals surface area contributed by atoms with Gasteiger partial charge >= 0.3 is 13.7 Å². The molecule has 24 heavy (non-hydrogen) atoms. The highest BCUT2D eigenvalue weighted by molar-refractivity contribution is 7.54. The van der Waals surface area contributed by atoms with Crippen molar-refractivity contribution >= 4 is 48.5 Å². The molecule has 1 aliphatic heterocycles. The molecule has 0 aliphatic carbocycles. The van der Waals surface area contributed by atoms with Gasteiger partial charge in [-0.25, -0.2) is 4.79 Å². The molecule has 0 bridgehead atoms. The number of piperidine rings is 1. The Morgan fingerprint density at radius 1 is 1.17 bits per heavy atom. The van der Waals surface area contributed by atoms with Gasteiger partial charge in [-0.05, 0) is 47.0 Å². The average molecular weight is 425 g/mol. The van der Waals surface area contributed by atoms with E-state index in [9.17, 15) is 9.36 Å². The third kappa shape index (κ3) is 7.27. The normalized spacial score (nSPS) is 19.9. The first-order valence-electron chi connectivity index (χ1n) is 7.91. The SMILES string of the molecule is CC(C)OP(=O)(OC(C)C)C1CCCCN1C(=O)OCC(Cl)(Cl)Cl. The molecule has 0 spiro atoms. The molecule has 0 aromatic heterocycles. The first-order chi connectivity index (χ1) is 10.9. The summed E-state index contributed by atoms with van der Waals surface area (Å²) in [6.07, 6.45) is 0.769. The van der Waals surface area contributed by atoms with Gasteiger partial charge in [0, 0.05) is 6.54 Å². The molecule has 1 saturated heterocycles. The highest BCUT2D eigenvalue weighted by Crippen LogP contribution is 2.58. The molecule has 1 amide bonds. The van der Waals surface area contributed by atoms with Crippen LogP contribution in [-0.4, -0.2) is 45.9 Å². The molecule has 1 atom stereocenters. The van der Waals surface area contributed by atoms with Crippen molar-refractivity contribution in [2.45, 2.75) is 68.7 Å². The lowest BCUT2D eigenvalue weighted by Crippen LogP contribution is -2.45. The summed E-state index contributed by atoms with van der Waals surface area (Å²) in [6.45, 7) is 7.07. The summed E-state index contributed by atoms with van der Waals surface area (Å²) < 4.78 is 27.9. The summed E-state index contributed by atoms with van der Waals surface area (Å²) in [5.41, 5.74) is 0. The number of amides is 1. The van der Waals surface area contributed by atoms with Crippen molar-refractivity contribution in [3.8, 4) is 0 Å². The molecule has 6 nitrogen and oxygen atoms in total. The number of carbonyl (C=O) groups excluding carboxylic acids is 1. The molecule has 0 aromatic carbocycles. The van der Waals surface area contributed by atoms with E-state index in [1.165, 1.54) is 4.90 Å². The summed E-state index contributed by atoms with van der Waals surface area (Å²) >= 11 is 16.8. The fraction of sp³-hybridized carbons (Fsp3) is 0.929. The van der Waals surface area contributed by atoms with E-state index in [-0.39, 0.29) is 18.8 Å². The molecule has 1 heterocycles. The molecule has 1 rings (SSSR count). The maximum atomic E-state index is 13.3. The van der Waals surface area contributed by atoms with Crippen LogP contribution in [0.2, 0.25) is 0 Å². The van der Waals surface area contributed by atoms with E-state index >= 15 is 0 Å². The quantitative estimate of drug-likeness (QED) is 0.425. The lowest BCUT2D eigenvalue weighted by Gasteiger charge is -2.39. The van der Waals surface area contributed by atoms with E-state index < -0.39 is 23.3 Å². The van der Waals surface area contributed by atoms with Crippen LogP contribution in [0.3, 0.4) is 0 Å². The number of carbonyl (C=O) groups is 1. The van der Waals surface area contributed by atoms with Crippen LogP contribution in [0, 0.1) is 0 Å². The molecular weight excluding hydrogens is 399 g/mol. The lowest BCUT2D eigenvalue weighted by atomic mass is 10.1. The van der Waals surface area contributed by atoms with E-state index in [1.54, 1.807) is 27.7 Å². The largest absolute Gasteiger partial charge is 0.445 e. The molecule has 0 aromatic rings. The Morgan fingerprint density at radius 2 is 1.71 bits per heavy atom. The number of alkyl halides is 3. The van der Waals surface area contributed by atoms with Crippen molar-refractivity contribution in [2.75, 3.05) is 13.2 Å². The number of hydrogen-bond donors (Lipinski definition) is 0. The molecule has 0 radical (unpaired) electrons. The smallest absolute Gasteiger partial charge is 0.410 e. The Balaban J connectivity index is 2.96. The van der Waals surface area contributed by atoms with Crippen LogP contribution in [0.5, 0.6) is 0 Å². The van der Waals surface area contributed by atoms with Crippen molar-refractivity contribution < 1.29 is 23.1 Å². The van der Waals surface area contributed by atoms with Gasteiger partial charge in [-0.2, -0.15) is 0 Å². The van der Waals surface area contributed by atoms with Crippen LogP contribution < -0.4 is 0 Å². The zero-order chi connectivity index (χ0) is 18.5. The molecule has 1 fully saturated rings. The van der Waals surface area contributed by atoms with Crippen molar-refractivity contribution in [1.82, 2.24) is 4.90 Å². The molecule has 142 valence electrons. The zero-order valence-electron chi connectivity index (χ0n) is 14.3. The Morgan fingerprint density at radius 3 is 2.17 bits per heavy atom. The van der Waals surface area contributed by atoms with Crippen molar-refractivity contribution in [1.29, 1.82) is 0 Å². The summed E-state index contributed by atoms with van der Waals surface area (Å²) in [5.74, 6) is -0.709. The van der Waals surface area contributed by atoms with Crippen LogP contribution in [0.15, 0.2) is 0 Å². The van der Waals surface area contributed by atoms with Gasteiger partial charge < -0.3 is 13.8 Å². The van der Waals surface area contributed by atoms with Crippen LogP contribution in [0.4, 0.5) is 4.79 Å². The number of halogens is 3.